The lowest BCUT2D eigenvalue weighted by Gasteiger charge is -2.23. The fourth-order valence-electron chi connectivity index (χ4n) is 2.96. The first-order valence-electron chi connectivity index (χ1n) is 7.34. The molecule has 2 rings (SSSR count). The van der Waals surface area contributed by atoms with Gasteiger partial charge in [-0.1, -0.05) is 31.4 Å². The highest BCUT2D eigenvalue weighted by Crippen LogP contribution is 2.34. The predicted molar refractivity (Wildman–Crippen MR) is 76.0 cm³/mol. The summed E-state index contributed by atoms with van der Waals surface area (Å²) in [6.07, 6.45) is 6.04. The first-order chi connectivity index (χ1) is 9.58. The molecule has 1 atom stereocenters. The van der Waals surface area contributed by atoms with Gasteiger partial charge < -0.3 is 10.8 Å². The number of hydrogen-bond acceptors (Lipinski definition) is 2. The van der Waals surface area contributed by atoms with E-state index in [0.29, 0.717) is 17.9 Å². The summed E-state index contributed by atoms with van der Waals surface area (Å²) in [6.45, 7) is 0. The van der Waals surface area contributed by atoms with E-state index in [4.69, 9.17) is 10.8 Å². The summed E-state index contributed by atoms with van der Waals surface area (Å²) in [7, 11) is 0. The van der Waals surface area contributed by atoms with E-state index in [1.165, 1.54) is 25.3 Å². The van der Waals surface area contributed by atoms with Crippen molar-refractivity contribution < 1.29 is 14.3 Å². The Morgan fingerprint density at radius 2 is 2.05 bits per heavy atom. The fourth-order valence-corrected chi connectivity index (χ4v) is 2.96. The minimum atomic E-state index is -0.875. The number of carboxylic acids is 1. The molecule has 1 saturated carbocycles. The molecule has 1 aromatic carbocycles. The number of halogens is 1. The second-order valence-electron chi connectivity index (χ2n) is 5.65. The number of rotatable bonds is 5. The van der Waals surface area contributed by atoms with Crippen molar-refractivity contribution in [1.82, 2.24) is 0 Å². The fraction of sp³-hybridized carbons (Fsp3) is 0.562. The zero-order valence-corrected chi connectivity index (χ0v) is 11.6. The van der Waals surface area contributed by atoms with Gasteiger partial charge in [0.1, 0.15) is 5.82 Å². The number of nitrogens with two attached hydrogens (primary N) is 1. The molecule has 110 valence electrons. The number of aliphatic carboxylic acids is 1. The van der Waals surface area contributed by atoms with Crippen LogP contribution < -0.4 is 5.73 Å². The zero-order chi connectivity index (χ0) is 14.5. The van der Waals surface area contributed by atoms with Crippen LogP contribution in [0, 0.1) is 5.82 Å². The Morgan fingerprint density at radius 1 is 1.35 bits per heavy atom. The van der Waals surface area contributed by atoms with Crippen molar-refractivity contribution in [3.8, 4) is 0 Å². The van der Waals surface area contributed by atoms with Crippen molar-refractivity contribution in [3.05, 3.63) is 35.1 Å². The van der Waals surface area contributed by atoms with Gasteiger partial charge in [-0.3, -0.25) is 4.79 Å². The number of benzene rings is 1. The molecule has 1 aromatic rings. The van der Waals surface area contributed by atoms with Crippen molar-refractivity contribution in [1.29, 1.82) is 0 Å². The molecule has 0 aromatic heterocycles. The van der Waals surface area contributed by atoms with Crippen LogP contribution in [0.1, 0.15) is 68.0 Å². The molecule has 4 heteroatoms. The Balaban J connectivity index is 2.06. The molecular weight excluding hydrogens is 257 g/mol. The monoisotopic (exact) mass is 279 g/mol. The van der Waals surface area contributed by atoms with E-state index in [0.717, 1.165) is 18.4 Å². The third-order valence-corrected chi connectivity index (χ3v) is 4.17. The SMILES string of the molecule is NC(CCC(=O)O)c1ccc(C2CCCCC2)c(F)c1. The Bertz CT molecular complexity index is 470. The molecule has 0 heterocycles. The van der Waals surface area contributed by atoms with E-state index in [1.807, 2.05) is 12.1 Å². The van der Waals surface area contributed by atoms with E-state index >= 15 is 0 Å². The molecular formula is C16H22FNO2. The first kappa shape index (κ1) is 15.0. The van der Waals surface area contributed by atoms with Crippen LogP contribution in [0.25, 0.3) is 0 Å². The van der Waals surface area contributed by atoms with Crippen LogP contribution in [-0.2, 0) is 4.79 Å². The van der Waals surface area contributed by atoms with E-state index in [1.54, 1.807) is 0 Å². The smallest absolute Gasteiger partial charge is 0.303 e. The van der Waals surface area contributed by atoms with Crippen LogP contribution in [0.3, 0.4) is 0 Å². The maximum atomic E-state index is 14.2. The minimum absolute atomic E-state index is 0.00711. The van der Waals surface area contributed by atoms with Crippen LogP contribution in [0.5, 0.6) is 0 Å². The number of carboxylic acid groups (broad SMARTS) is 1. The molecule has 1 fully saturated rings. The average Bonchev–Trinajstić information content (AvgIpc) is 2.45. The summed E-state index contributed by atoms with van der Waals surface area (Å²) in [6, 6.07) is 4.75. The Morgan fingerprint density at radius 3 is 2.65 bits per heavy atom. The molecule has 0 radical (unpaired) electrons. The highest BCUT2D eigenvalue weighted by molar-refractivity contribution is 5.66. The van der Waals surface area contributed by atoms with Crippen molar-refractivity contribution in [2.24, 2.45) is 5.73 Å². The van der Waals surface area contributed by atoms with Gasteiger partial charge in [0.15, 0.2) is 0 Å². The van der Waals surface area contributed by atoms with E-state index < -0.39 is 12.0 Å². The summed E-state index contributed by atoms with van der Waals surface area (Å²) in [5, 5.41) is 8.65. The molecule has 20 heavy (non-hydrogen) atoms. The van der Waals surface area contributed by atoms with Gasteiger partial charge in [0, 0.05) is 12.5 Å². The zero-order valence-electron chi connectivity index (χ0n) is 11.6. The summed E-state index contributed by atoms with van der Waals surface area (Å²) in [4.78, 5) is 10.5. The lowest BCUT2D eigenvalue weighted by atomic mass is 9.83. The molecule has 0 aliphatic heterocycles. The second-order valence-corrected chi connectivity index (χ2v) is 5.65. The van der Waals surface area contributed by atoms with Crippen molar-refractivity contribution in [2.75, 3.05) is 0 Å². The van der Waals surface area contributed by atoms with E-state index in [-0.39, 0.29) is 12.2 Å². The normalized spacial score (nSPS) is 17.9. The Hall–Kier alpha value is -1.42. The maximum absolute atomic E-state index is 14.2. The standard InChI is InChI=1S/C16H22FNO2/c17-14-10-12(15(18)8-9-16(19)20)6-7-13(14)11-4-2-1-3-5-11/h6-7,10-11,15H,1-5,8-9,18H2,(H,19,20). The van der Waals surface area contributed by atoms with Gasteiger partial charge in [-0.2, -0.15) is 0 Å². The maximum Gasteiger partial charge on any atom is 0.303 e. The third-order valence-electron chi connectivity index (χ3n) is 4.17. The Labute approximate surface area is 119 Å². The van der Waals surface area contributed by atoms with Crippen LogP contribution >= 0.6 is 0 Å². The molecule has 1 aliphatic carbocycles. The van der Waals surface area contributed by atoms with Crippen LogP contribution in [-0.4, -0.2) is 11.1 Å². The average molecular weight is 279 g/mol. The second kappa shape index (κ2) is 6.84. The molecule has 0 saturated heterocycles. The van der Waals surface area contributed by atoms with Gasteiger partial charge in [0.05, 0.1) is 0 Å². The van der Waals surface area contributed by atoms with E-state index in [2.05, 4.69) is 0 Å². The van der Waals surface area contributed by atoms with Gasteiger partial charge in [0.25, 0.3) is 0 Å². The highest BCUT2D eigenvalue weighted by atomic mass is 19.1. The molecule has 3 N–H and O–H groups in total. The number of hydrogen-bond donors (Lipinski definition) is 2. The molecule has 0 bridgehead atoms. The van der Waals surface area contributed by atoms with Gasteiger partial charge in [-0.15, -0.1) is 0 Å². The summed E-state index contributed by atoms with van der Waals surface area (Å²) in [5.41, 5.74) is 7.38. The molecule has 1 unspecified atom stereocenters. The van der Waals surface area contributed by atoms with Gasteiger partial charge in [-0.25, -0.2) is 4.39 Å². The quantitative estimate of drug-likeness (QED) is 0.863. The summed E-state index contributed by atoms with van der Waals surface area (Å²) < 4.78 is 14.2. The molecule has 1 aliphatic rings. The van der Waals surface area contributed by atoms with Crippen LogP contribution in [0.15, 0.2) is 18.2 Å². The van der Waals surface area contributed by atoms with Crippen molar-refractivity contribution >= 4 is 5.97 Å². The van der Waals surface area contributed by atoms with Crippen LogP contribution in [0.2, 0.25) is 0 Å². The van der Waals surface area contributed by atoms with Gasteiger partial charge in [0.2, 0.25) is 0 Å². The highest BCUT2D eigenvalue weighted by Gasteiger charge is 2.19. The van der Waals surface area contributed by atoms with E-state index in [9.17, 15) is 9.18 Å². The lowest BCUT2D eigenvalue weighted by molar-refractivity contribution is -0.137. The molecule has 3 nitrogen and oxygen atoms in total. The largest absolute Gasteiger partial charge is 0.481 e. The van der Waals surface area contributed by atoms with Crippen molar-refractivity contribution in [3.63, 3.8) is 0 Å². The lowest BCUT2D eigenvalue weighted by Crippen LogP contribution is -2.13. The van der Waals surface area contributed by atoms with Gasteiger partial charge >= 0.3 is 5.97 Å². The summed E-state index contributed by atoms with van der Waals surface area (Å²) in [5.74, 6) is -0.743. The third kappa shape index (κ3) is 3.79. The van der Waals surface area contributed by atoms with Crippen molar-refractivity contribution in [2.45, 2.75) is 56.9 Å². The molecule has 0 spiro atoms. The minimum Gasteiger partial charge on any atom is -0.481 e. The number of carbonyl (C=O) groups is 1. The summed E-state index contributed by atoms with van der Waals surface area (Å²) >= 11 is 0. The first-order valence-corrected chi connectivity index (χ1v) is 7.34. The topological polar surface area (TPSA) is 63.3 Å². The molecule has 0 amide bonds. The Kier molecular flexibility index (Phi) is 5.12. The predicted octanol–water partition coefficient (Wildman–Crippen LogP) is 3.74. The van der Waals surface area contributed by atoms with Crippen LogP contribution in [0.4, 0.5) is 4.39 Å². The van der Waals surface area contributed by atoms with Gasteiger partial charge in [-0.05, 0) is 42.4 Å².